The smallest absolute Gasteiger partial charge is 0.147 e. The molecule has 23 heavy (non-hydrogen) atoms. The molecule has 2 aromatic rings. The lowest BCUT2D eigenvalue weighted by atomic mass is 10.0. The summed E-state index contributed by atoms with van der Waals surface area (Å²) in [5.74, 6) is 2.30. The number of rotatable bonds is 4. The summed E-state index contributed by atoms with van der Waals surface area (Å²) in [6.45, 7) is 7.29. The zero-order chi connectivity index (χ0) is 15.6. The molecule has 0 bridgehead atoms. The zero-order valence-electron chi connectivity index (χ0n) is 13.8. The number of aryl methyl sites for hydroxylation is 2. The Balaban J connectivity index is 1.55. The van der Waals surface area contributed by atoms with E-state index in [4.69, 9.17) is 0 Å². The van der Waals surface area contributed by atoms with Crippen molar-refractivity contribution >= 4 is 0 Å². The third-order valence-corrected chi connectivity index (χ3v) is 5.16. The van der Waals surface area contributed by atoms with Crippen molar-refractivity contribution in [1.82, 2.24) is 25.0 Å². The molecule has 0 amide bonds. The molecule has 0 saturated carbocycles. The topological polar surface area (TPSA) is 46.0 Å². The van der Waals surface area contributed by atoms with Crippen LogP contribution >= 0.6 is 0 Å². The van der Waals surface area contributed by atoms with Gasteiger partial charge in [0.1, 0.15) is 11.6 Å². The van der Waals surface area contributed by atoms with Crippen LogP contribution in [0.2, 0.25) is 0 Å². The van der Waals surface area contributed by atoms with Gasteiger partial charge in [-0.15, -0.1) is 10.2 Å². The molecule has 1 atom stereocenters. The fourth-order valence-corrected chi connectivity index (χ4v) is 3.75. The van der Waals surface area contributed by atoms with Crippen molar-refractivity contribution in [2.45, 2.75) is 45.3 Å². The molecule has 0 spiro atoms. The van der Waals surface area contributed by atoms with Gasteiger partial charge in [0.25, 0.3) is 0 Å². The number of nitrogens with zero attached hydrogens (tertiary/aromatic N) is 4. The lowest BCUT2D eigenvalue weighted by Gasteiger charge is -2.36. The van der Waals surface area contributed by atoms with E-state index in [1.54, 1.807) is 0 Å². The molecule has 5 heteroatoms. The van der Waals surface area contributed by atoms with E-state index in [1.807, 2.05) is 0 Å². The number of piperazine rings is 1. The standard InChI is InChI=1S/C18H25N5/c1-2-14-5-7-15(8-6-14)16-12-19-9-11-22(16)13-18-21-20-17-4-3-10-23(17)18/h5-8,16,19H,2-4,9-13H2,1H3. The second-order valence-corrected chi connectivity index (χ2v) is 6.57. The minimum absolute atomic E-state index is 0.420. The summed E-state index contributed by atoms with van der Waals surface area (Å²) in [6, 6.07) is 9.52. The van der Waals surface area contributed by atoms with Gasteiger partial charge < -0.3 is 9.88 Å². The fraction of sp³-hybridized carbons (Fsp3) is 0.556. The van der Waals surface area contributed by atoms with E-state index in [9.17, 15) is 0 Å². The summed E-state index contributed by atoms with van der Waals surface area (Å²) in [4.78, 5) is 2.55. The van der Waals surface area contributed by atoms with Crippen molar-refractivity contribution < 1.29 is 0 Å². The van der Waals surface area contributed by atoms with Crippen LogP contribution in [0.5, 0.6) is 0 Å². The Bertz CT molecular complexity index is 661. The predicted octanol–water partition coefficient (Wildman–Crippen LogP) is 1.93. The summed E-state index contributed by atoms with van der Waals surface area (Å²) in [6.07, 6.45) is 3.39. The Hall–Kier alpha value is -1.72. The average molecular weight is 311 g/mol. The van der Waals surface area contributed by atoms with E-state index in [-0.39, 0.29) is 0 Å². The Labute approximate surface area is 137 Å². The highest BCUT2D eigenvalue weighted by molar-refractivity contribution is 5.26. The fourth-order valence-electron chi connectivity index (χ4n) is 3.75. The highest BCUT2D eigenvalue weighted by Crippen LogP contribution is 2.25. The van der Waals surface area contributed by atoms with Gasteiger partial charge in [-0.25, -0.2) is 0 Å². The van der Waals surface area contributed by atoms with Gasteiger partial charge in [-0.1, -0.05) is 31.2 Å². The van der Waals surface area contributed by atoms with Gasteiger partial charge in [-0.05, 0) is 24.0 Å². The third kappa shape index (κ3) is 2.91. The molecule has 0 radical (unpaired) electrons. The summed E-state index contributed by atoms with van der Waals surface area (Å²) < 4.78 is 2.32. The van der Waals surface area contributed by atoms with Crippen molar-refractivity contribution in [1.29, 1.82) is 0 Å². The van der Waals surface area contributed by atoms with E-state index in [0.29, 0.717) is 6.04 Å². The molecule has 0 aliphatic carbocycles. The largest absolute Gasteiger partial charge is 0.314 e. The summed E-state index contributed by atoms with van der Waals surface area (Å²) >= 11 is 0. The van der Waals surface area contributed by atoms with E-state index < -0.39 is 0 Å². The molecule has 3 heterocycles. The first-order valence-corrected chi connectivity index (χ1v) is 8.79. The van der Waals surface area contributed by atoms with Crippen LogP contribution in [0.3, 0.4) is 0 Å². The van der Waals surface area contributed by atoms with Gasteiger partial charge in [-0.2, -0.15) is 0 Å². The van der Waals surface area contributed by atoms with Crippen molar-refractivity contribution in [3.05, 3.63) is 47.0 Å². The van der Waals surface area contributed by atoms with E-state index in [1.165, 1.54) is 23.4 Å². The quantitative estimate of drug-likeness (QED) is 0.937. The van der Waals surface area contributed by atoms with Crippen LogP contribution in [0, 0.1) is 0 Å². The monoisotopic (exact) mass is 311 g/mol. The molecule has 1 N–H and O–H groups in total. The second kappa shape index (κ2) is 6.42. The maximum absolute atomic E-state index is 4.44. The van der Waals surface area contributed by atoms with Crippen molar-refractivity contribution in [2.75, 3.05) is 19.6 Å². The number of nitrogens with one attached hydrogen (secondary N) is 1. The van der Waals surface area contributed by atoms with Crippen molar-refractivity contribution in [2.24, 2.45) is 0 Å². The van der Waals surface area contributed by atoms with E-state index in [0.717, 1.165) is 51.4 Å². The van der Waals surface area contributed by atoms with Crippen LogP contribution in [0.4, 0.5) is 0 Å². The number of hydrogen-bond donors (Lipinski definition) is 1. The van der Waals surface area contributed by atoms with Crippen LogP contribution in [0.15, 0.2) is 24.3 Å². The van der Waals surface area contributed by atoms with Crippen molar-refractivity contribution in [3.63, 3.8) is 0 Å². The molecular weight excluding hydrogens is 286 g/mol. The van der Waals surface area contributed by atoms with Crippen LogP contribution in [-0.4, -0.2) is 39.3 Å². The molecule has 1 unspecified atom stereocenters. The van der Waals surface area contributed by atoms with Crippen LogP contribution in [-0.2, 0) is 25.9 Å². The molecule has 1 saturated heterocycles. The van der Waals surface area contributed by atoms with Gasteiger partial charge in [0.2, 0.25) is 0 Å². The predicted molar refractivity (Wildman–Crippen MR) is 90.2 cm³/mol. The Morgan fingerprint density at radius 1 is 1.17 bits per heavy atom. The van der Waals surface area contributed by atoms with Crippen LogP contribution in [0.25, 0.3) is 0 Å². The Morgan fingerprint density at radius 3 is 2.87 bits per heavy atom. The molecule has 1 fully saturated rings. The number of benzene rings is 1. The second-order valence-electron chi connectivity index (χ2n) is 6.57. The summed E-state index contributed by atoms with van der Waals surface area (Å²) in [5, 5.41) is 12.3. The minimum Gasteiger partial charge on any atom is -0.314 e. The van der Waals surface area contributed by atoms with Crippen molar-refractivity contribution in [3.8, 4) is 0 Å². The molecule has 2 aliphatic heterocycles. The van der Waals surface area contributed by atoms with Gasteiger partial charge in [-0.3, -0.25) is 4.90 Å². The number of fused-ring (bicyclic) bond motifs is 1. The van der Waals surface area contributed by atoms with E-state index in [2.05, 4.69) is 56.2 Å². The molecular formula is C18H25N5. The highest BCUT2D eigenvalue weighted by Gasteiger charge is 2.26. The molecule has 122 valence electrons. The van der Waals surface area contributed by atoms with Gasteiger partial charge >= 0.3 is 0 Å². The maximum Gasteiger partial charge on any atom is 0.147 e. The third-order valence-electron chi connectivity index (χ3n) is 5.16. The first kappa shape index (κ1) is 14.8. The first-order valence-electron chi connectivity index (χ1n) is 8.79. The maximum atomic E-state index is 4.44. The first-order chi connectivity index (χ1) is 11.3. The van der Waals surface area contributed by atoms with Crippen LogP contribution in [0.1, 0.15) is 42.2 Å². The molecule has 1 aromatic heterocycles. The lowest BCUT2D eigenvalue weighted by Crippen LogP contribution is -2.45. The van der Waals surface area contributed by atoms with Gasteiger partial charge in [0.15, 0.2) is 0 Å². The lowest BCUT2D eigenvalue weighted by molar-refractivity contribution is 0.148. The molecule has 5 nitrogen and oxygen atoms in total. The van der Waals surface area contributed by atoms with Crippen LogP contribution < -0.4 is 5.32 Å². The Morgan fingerprint density at radius 2 is 2.04 bits per heavy atom. The average Bonchev–Trinajstić information content (AvgIpc) is 3.21. The molecule has 2 aliphatic rings. The number of aromatic nitrogens is 3. The van der Waals surface area contributed by atoms with Gasteiger partial charge in [0, 0.05) is 38.6 Å². The molecule has 1 aromatic carbocycles. The normalized spacial score (nSPS) is 21.5. The Kier molecular flexibility index (Phi) is 4.14. The zero-order valence-corrected chi connectivity index (χ0v) is 13.8. The minimum atomic E-state index is 0.420. The SMILES string of the molecule is CCc1ccc(C2CNCCN2Cc2nnc3n2CCC3)cc1. The highest BCUT2D eigenvalue weighted by atomic mass is 15.3. The number of hydrogen-bond acceptors (Lipinski definition) is 4. The van der Waals surface area contributed by atoms with Gasteiger partial charge in [0.05, 0.1) is 6.54 Å². The summed E-state index contributed by atoms with van der Waals surface area (Å²) in [5.41, 5.74) is 2.80. The summed E-state index contributed by atoms with van der Waals surface area (Å²) in [7, 11) is 0. The molecule has 4 rings (SSSR count). The van der Waals surface area contributed by atoms with E-state index >= 15 is 0 Å².